The molecule has 1 rings (SSSR count). The van der Waals surface area contributed by atoms with Gasteiger partial charge in [0, 0.05) is 23.7 Å². The number of benzene rings is 1. The Morgan fingerprint density at radius 3 is 2.47 bits per heavy atom. The van der Waals surface area contributed by atoms with Crippen molar-refractivity contribution in [2.24, 2.45) is 0 Å². The van der Waals surface area contributed by atoms with E-state index < -0.39 is 5.97 Å². The summed E-state index contributed by atoms with van der Waals surface area (Å²) in [6.45, 7) is 4.04. The van der Waals surface area contributed by atoms with E-state index in [0.717, 1.165) is 11.4 Å². The molecule has 0 bridgehead atoms. The summed E-state index contributed by atoms with van der Waals surface area (Å²) in [6, 6.07) is 8.23. The number of thioether (sulfide) groups is 1. The van der Waals surface area contributed by atoms with Crippen LogP contribution in [0.5, 0.6) is 0 Å². The Morgan fingerprint density at radius 2 is 2.00 bits per heavy atom. The average Bonchev–Trinajstić information content (AvgIpc) is 2.28. The highest BCUT2D eigenvalue weighted by atomic mass is 32.2. The van der Waals surface area contributed by atoms with Gasteiger partial charge in [-0.15, -0.1) is 11.8 Å². The van der Waals surface area contributed by atoms with Crippen molar-refractivity contribution in [1.29, 1.82) is 0 Å². The van der Waals surface area contributed by atoms with Crippen LogP contribution in [0.4, 0.5) is 5.69 Å². The number of nitrogens with zero attached hydrogens (tertiary/aromatic N) is 1. The lowest BCUT2D eigenvalue weighted by Crippen LogP contribution is -2.30. The Hall–Kier alpha value is -1.16. The zero-order chi connectivity index (χ0) is 12.8. The van der Waals surface area contributed by atoms with Crippen molar-refractivity contribution < 1.29 is 9.90 Å². The van der Waals surface area contributed by atoms with Crippen LogP contribution < -0.4 is 4.90 Å². The molecule has 0 saturated heterocycles. The van der Waals surface area contributed by atoms with Crippen molar-refractivity contribution in [3.8, 4) is 0 Å². The quantitative estimate of drug-likeness (QED) is 0.791. The topological polar surface area (TPSA) is 40.5 Å². The van der Waals surface area contributed by atoms with Gasteiger partial charge in [0.15, 0.2) is 0 Å². The van der Waals surface area contributed by atoms with Crippen molar-refractivity contribution >= 4 is 23.4 Å². The third-order valence-electron chi connectivity index (χ3n) is 2.69. The van der Waals surface area contributed by atoms with E-state index in [1.165, 1.54) is 4.90 Å². The standard InChI is InChI=1S/C13H19NO2S/c1-4-17-12-7-5-11(6-8-12)14(3)10(2)9-13(15)16/h5-8,10H,4,9H2,1-3H3,(H,15,16). The molecule has 0 aliphatic rings. The molecule has 0 fully saturated rings. The number of hydrogen-bond acceptors (Lipinski definition) is 3. The maximum absolute atomic E-state index is 10.7. The first kappa shape index (κ1) is 13.9. The van der Waals surface area contributed by atoms with Crippen LogP contribution in [-0.2, 0) is 4.79 Å². The second kappa shape index (κ2) is 6.55. The fraction of sp³-hybridized carbons (Fsp3) is 0.462. The molecule has 1 N–H and O–H groups in total. The van der Waals surface area contributed by atoms with Crippen LogP contribution in [0.25, 0.3) is 0 Å². The SMILES string of the molecule is CCSc1ccc(N(C)C(C)CC(=O)O)cc1. The average molecular weight is 253 g/mol. The Labute approximate surface area is 107 Å². The molecule has 0 heterocycles. The first-order valence-electron chi connectivity index (χ1n) is 5.72. The first-order valence-corrected chi connectivity index (χ1v) is 6.70. The van der Waals surface area contributed by atoms with E-state index >= 15 is 0 Å². The van der Waals surface area contributed by atoms with E-state index in [4.69, 9.17) is 5.11 Å². The fourth-order valence-electron chi connectivity index (χ4n) is 1.59. The van der Waals surface area contributed by atoms with E-state index in [1.54, 1.807) is 11.8 Å². The van der Waals surface area contributed by atoms with E-state index in [9.17, 15) is 4.79 Å². The zero-order valence-corrected chi connectivity index (χ0v) is 11.3. The van der Waals surface area contributed by atoms with Crippen molar-refractivity contribution in [3.63, 3.8) is 0 Å². The summed E-state index contributed by atoms with van der Waals surface area (Å²) >= 11 is 1.80. The van der Waals surface area contributed by atoms with Crippen LogP contribution in [0.3, 0.4) is 0 Å². The minimum Gasteiger partial charge on any atom is -0.481 e. The minimum atomic E-state index is -0.762. The van der Waals surface area contributed by atoms with Gasteiger partial charge in [-0.25, -0.2) is 0 Å². The summed E-state index contributed by atoms with van der Waals surface area (Å²) < 4.78 is 0. The molecule has 3 nitrogen and oxygen atoms in total. The van der Waals surface area contributed by atoms with Gasteiger partial charge in [-0.3, -0.25) is 4.79 Å². The molecule has 0 aliphatic carbocycles. The van der Waals surface area contributed by atoms with Gasteiger partial charge in [0.1, 0.15) is 0 Å². The Morgan fingerprint density at radius 1 is 1.41 bits per heavy atom. The molecule has 1 aromatic rings. The molecule has 17 heavy (non-hydrogen) atoms. The van der Waals surface area contributed by atoms with Crippen molar-refractivity contribution in [2.75, 3.05) is 17.7 Å². The lowest BCUT2D eigenvalue weighted by Gasteiger charge is -2.26. The number of rotatable bonds is 6. The van der Waals surface area contributed by atoms with Crippen LogP contribution in [0.1, 0.15) is 20.3 Å². The predicted molar refractivity (Wildman–Crippen MR) is 73.0 cm³/mol. The molecule has 0 spiro atoms. The molecule has 1 atom stereocenters. The summed E-state index contributed by atoms with van der Waals surface area (Å²) in [7, 11) is 1.93. The summed E-state index contributed by atoms with van der Waals surface area (Å²) in [5.74, 6) is 0.299. The van der Waals surface area contributed by atoms with Crippen molar-refractivity contribution in [1.82, 2.24) is 0 Å². The van der Waals surface area contributed by atoms with Crippen molar-refractivity contribution in [3.05, 3.63) is 24.3 Å². The van der Waals surface area contributed by atoms with Gasteiger partial charge in [-0.05, 0) is 36.9 Å². The van der Waals surface area contributed by atoms with Crippen LogP contribution in [0.15, 0.2) is 29.2 Å². The first-order chi connectivity index (χ1) is 8.04. The van der Waals surface area contributed by atoms with Gasteiger partial charge in [-0.2, -0.15) is 0 Å². The smallest absolute Gasteiger partial charge is 0.305 e. The van der Waals surface area contributed by atoms with Crippen LogP contribution in [-0.4, -0.2) is 29.9 Å². The van der Waals surface area contributed by atoms with E-state index in [0.29, 0.717) is 0 Å². The van der Waals surface area contributed by atoms with Crippen LogP contribution in [0.2, 0.25) is 0 Å². The van der Waals surface area contributed by atoms with Gasteiger partial charge in [0.25, 0.3) is 0 Å². The fourth-order valence-corrected chi connectivity index (χ4v) is 2.25. The highest BCUT2D eigenvalue weighted by Crippen LogP contribution is 2.23. The third kappa shape index (κ3) is 4.30. The molecule has 0 saturated carbocycles. The lowest BCUT2D eigenvalue weighted by atomic mass is 10.2. The largest absolute Gasteiger partial charge is 0.481 e. The van der Waals surface area contributed by atoms with E-state index in [2.05, 4.69) is 19.1 Å². The van der Waals surface area contributed by atoms with Gasteiger partial charge in [-0.1, -0.05) is 6.92 Å². The molecule has 0 aromatic heterocycles. The number of carbonyl (C=O) groups is 1. The summed E-state index contributed by atoms with van der Waals surface area (Å²) in [5.41, 5.74) is 1.05. The number of hydrogen-bond donors (Lipinski definition) is 1. The maximum Gasteiger partial charge on any atom is 0.305 e. The number of carboxylic acids is 1. The monoisotopic (exact) mass is 253 g/mol. The molecule has 4 heteroatoms. The second-order valence-corrected chi connectivity index (χ2v) is 5.32. The van der Waals surface area contributed by atoms with E-state index in [-0.39, 0.29) is 12.5 Å². The highest BCUT2D eigenvalue weighted by Gasteiger charge is 2.13. The van der Waals surface area contributed by atoms with Crippen LogP contribution >= 0.6 is 11.8 Å². The van der Waals surface area contributed by atoms with Gasteiger partial charge in [0.2, 0.25) is 0 Å². The maximum atomic E-state index is 10.7. The zero-order valence-electron chi connectivity index (χ0n) is 10.5. The van der Waals surface area contributed by atoms with Crippen molar-refractivity contribution in [2.45, 2.75) is 31.2 Å². The Bertz CT molecular complexity index is 364. The Balaban J connectivity index is 2.68. The molecular weight excluding hydrogens is 234 g/mol. The highest BCUT2D eigenvalue weighted by molar-refractivity contribution is 7.99. The molecule has 1 aromatic carbocycles. The summed E-state index contributed by atoms with van der Waals surface area (Å²) in [5, 5.41) is 8.76. The third-order valence-corrected chi connectivity index (χ3v) is 3.58. The summed E-state index contributed by atoms with van der Waals surface area (Å²) in [6.07, 6.45) is 0.155. The normalized spacial score (nSPS) is 12.2. The molecular formula is C13H19NO2S. The Kier molecular flexibility index (Phi) is 5.35. The van der Waals surface area contributed by atoms with Gasteiger partial charge >= 0.3 is 5.97 Å². The molecule has 94 valence electrons. The molecule has 1 unspecified atom stereocenters. The molecule has 0 amide bonds. The van der Waals surface area contributed by atoms with Gasteiger partial charge < -0.3 is 10.0 Å². The lowest BCUT2D eigenvalue weighted by molar-refractivity contribution is -0.137. The summed E-state index contributed by atoms with van der Waals surface area (Å²) in [4.78, 5) is 13.9. The predicted octanol–water partition coefficient (Wildman–Crippen LogP) is 3.10. The molecule has 0 aliphatic heterocycles. The van der Waals surface area contributed by atoms with E-state index in [1.807, 2.05) is 31.0 Å². The number of aliphatic carboxylic acids is 1. The minimum absolute atomic E-state index is 0.00261. The van der Waals surface area contributed by atoms with Gasteiger partial charge in [0.05, 0.1) is 6.42 Å². The molecule has 0 radical (unpaired) electrons. The second-order valence-electron chi connectivity index (χ2n) is 3.98. The number of carboxylic acid groups (broad SMARTS) is 1. The number of anilines is 1. The van der Waals surface area contributed by atoms with Crippen LogP contribution in [0, 0.1) is 0 Å².